The SMILES string of the molecule is O=c1n(CC2CCCCC2)nc2c(-n3ccnc3)nccn12. The van der Waals surface area contributed by atoms with E-state index in [-0.39, 0.29) is 5.69 Å². The Labute approximate surface area is 127 Å². The van der Waals surface area contributed by atoms with E-state index in [1.165, 1.54) is 32.1 Å². The van der Waals surface area contributed by atoms with Gasteiger partial charge in [0.1, 0.15) is 6.33 Å². The van der Waals surface area contributed by atoms with Crippen molar-refractivity contribution in [1.82, 2.24) is 28.7 Å². The van der Waals surface area contributed by atoms with Crippen LogP contribution in [-0.2, 0) is 6.54 Å². The first-order chi connectivity index (χ1) is 10.8. The lowest BCUT2D eigenvalue weighted by atomic mass is 9.89. The summed E-state index contributed by atoms with van der Waals surface area (Å²) in [5.41, 5.74) is 0.477. The summed E-state index contributed by atoms with van der Waals surface area (Å²) in [7, 11) is 0. The molecule has 3 aromatic heterocycles. The lowest BCUT2D eigenvalue weighted by molar-refractivity contribution is 0.304. The van der Waals surface area contributed by atoms with Gasteiger partial charge in [0.25, 0.3) is 0 Å². The summed E-state index contributed by atoms with van der Waals surface area (Å²) in [6, 6.07) is 0. The molecule has 3 heterocycles. The summed E-state index contributed by atoms with van der Waals surface area (Å²) in [5, 5.41) is 4.52. The lowest BCUT2D eigenvalue weighted by Crippen LogP contribution is -2.25. The van der Waals surface area contributed by atoms with Crippen molar-refractivity contribution in [2.24, 2.45) is 5.92 Å². The van der Waals surface area contributed by atoms with Gasteiger partial charge >= 0.3 is 5.69 Å². The van der Waals surface area contributed by atoms with Crippen LogP contribution >= 0.6 is 0 Å². The van der Waals surface area contributed by atoms with Crippen molar-refractivity contribution in [3.63, 3.8) is 0 Å². The van der Waals surface area contributed by atoms with Crippen LogP contribution in [0.5, 0.6) is 0 Å². The molecule has 7 nitrogen and oxygen atoms in total. The number of hydrogen-bond donors (Lipinski definition) is 0. The zero-order chi connectivity index (χ0) is 14.9. The van der Waals surface area contributed by atoms with Crippen molar-refractivity contribution in [1.29, 1.82) is 0 Å². The van der Waals surface area contributed by atoms with Crippen LogP contribution < -0.4 is 5.69 Å². The van der Waals surface area contributed by atoms with E-state index in [9.17, 15) is 4.79 Å². The molecule has 0 aliphatic heterocycles. The molecule has 7 heteroatoms. The van der Waals surface area contributed by atoms with Crippen LogP contribution in [0.3, 0.4) is 0 Å². The summed E-state index contributed by atoms with van der Waals surface area (Å²) in [6.07, 6.45) is 14.6. The first-order valence-electron chi connectivity index (χ1n) is 7.75. The molecule has 1 fully saturated rings. The summed E-state index contributed by atoms with van der Waals surface area (Å²) in [4.78, 5) is 20.9. The summed E-state index contributed by atoms with van der Waals surface area (Å²) < 4.78 is 4.92. The lowest BCUT2D eigenvalue weighted by Gasteiger charge is -2.20. The van der Waals surface area contributed by atoms with E-state index in [4.69, 9.17) is 0 Å². The molecule has 1 saturated carbocycles. The fourth-order valence-electron chi connectivity index (χ4n) is 3.24. The van der Waals surface area contributed by atoms with Gasteiger partial charge in [-0.15, -0.1) is 5.10 Å². The molecule has 0 N–H and O–H groups in total. The predicted molar refractivity (Wildman–Crippen MR) is 80.9 cm³/mol. The van der Waals surface area contributed by atoms with Gasteiger partial charge < -0.3 is 0 Å². The Morgan fingerprint density at radius 1 is 1.14 bits per heavy atom. The normalized spacial score (nSPS) is 16.4. The van der Waals surface area contributed by atoms with Gasteiger partial charge in [0.2, 0.25) is 5.65 Å². The fourth-order valence-corrected chi connectivity index (χ4v) is 3.24. The van der Waals surface area contributed by atoms with Crippen LogP contribution in [0.25, 0.3) is 11.5 Å². The van der Waals surface area contributed by atoms with Gasteiger partial charge in [-0.1, -0.05) is 19.3 Å². The molecule has 0 amide bonds. The topological polar surface area (TPSA) is 70.0 Å². The van der Waals surface area contributed by atoms with E-state index in [0.29, 0.717) is 23.9 Å². The van der Waals surface area contributed by atoms with Crippen LogP contribution in [0.15, 0.2) is 35.9 Å². The Hall–Kier alpha value is -2.44. The van der Waals surface area contributed by atoms with Crippen molar-refractivity contribution in [3.8, 4) is 5.82 Å². The maximum atomic E-state index is 12.5. The Morgan fingerprint density at radius 3 is 2.77 bits per heavy atom. The van der Waals surface area contributed by atoms with Crippen molar-refractivity contribution in [3.05, 3.63) is 41.6 Å². The molecule has 0 spiro atoms. The Kier molecular flexibility index (Phi) is 3.25. The third-order valence-corrected chi connectivity index (χ3v) is 4.39. The van der Waals surface area contributed by atoms with Crippen LogP contribution in [0, 0.1) is 5.92 Å². The van der Waals surface area contributed by atoms with Crippen molar-refractivity contribution >= 4 is 5.65 Å². The van der Waals surface area contributed by atoms with Gasteiger partial charge in [-0.2, -0.15) is 0 Å². The molecule has 114 valence electrons. The largest absolute Gasteiger partial charge is 0.350 e. The summed E-state index contributed by atoms with van der Waals surface area (Å²) >= 11 is 0. The van der Waals surface area contributed by atoms with E-state index >= 15 is 0 Å². The fraction of sp³-hybridized carbons (Fsp3) is 0.467. The van der Waals surface area contributed by atoms with Gasteiger partial charge in [0.05, 0.1) is 0 Å². The van der Waals surface area contributed by atoms with Crippen molar-refractivity contribution in [2.75, 3.05) is 0 Å². The highest BCUT2D eigenvalue weighted by Gasteiger charge is 2.18. The van der Waals surface area contributed by atoms with E-state index < -0.39 is 0 Å². The average Bonchev–Trinajstić information content (AvgIpc) is 3.18. The summed E-state index contributed by atoms with van der Waals surface area (Å²) in [5.74, 6) is 1.18. The molecular formula is C15H18N6O. The second kappa shape index (κ2) is 5.40. The van der Waals surface area contributed by atoms with Gasteiger partial charge in [-0.25, -0.2) is 23.8 Å². The smallest absolute Gasteiger partial charge is 0.287 e. The highest BCUT2D eigenvalue weighted by atomic mass is 16.2. The maximum Gasteiger partial charge on any atom is 0.350 e. The minimum atomic E-state index is -0.0932. The minimum absolute atomic E-state index is 0.0932. The molecule has 3 aromatic rings. The van der Waals surface area contributed by atoms with E-state index in [1.54, 1.807) is 44.8 Å². The standard InChI is InChI=1S/C15H18N6O/c22-15-20-9-7-17-13(19-8-6-16-11-19)14(20)18-21(15)10-12-4-2-1-3-5-12/h6-9,11-12H,1-5,10H2. The first-order valence-corrected chi connectivity index (χ1v) is 7.75. The maximum absolute atomic E-state index is 12.5. The third-order valence-electron chi connectivity index (χ3n) is 4.39. The van der Waals surface area contributed by atoms with Crippen LogP contribution in [0.4, 0.5) is 0 Å². The second-order valence-corrected chi connectivity index (χ2v) is 5.88. The predicted octanol–water partition coefficient (Wildman–Crippen LogP) is 1.66. The molecule has 0 unspecified atom stereocenters. The molecule has 22 heavy (non-hydrogen) atoms. The van der Waals surface area contributed by atoms with Crippen molar-refractivity contribution in [2.45, 2.75) is 38.6 Å². The van der Waals surface area contributed by atoms with Gasteiger partial charge in [0, 0.05) is 31.3 Å². The zero-order valence-electron chi connectivity index (χ0n) is 12.3. The molecule has 0 saturated heterocycles. The Morgan fingerprint density at radius 2 is 2.00 bits per heavy atom. The van der Waals surface area contributed by atoms with Crippen molar-refractivity contribution < 1.29 is 0 Å². The van der Waals surface area contributed by atoms with Gasteiger partial charge in [0.15, 0.2) is 5.82 Å². The van der Waals surface area contributed by atoms with Crippen LogP contribution in [0.2, 0.25) is 0 Å². The van der Waals surface area contributed by atoms with Crippen LogP contribution in [-0.4, -0.2) is 28.7 Å². The van der Waals surface area contributed by atoms with E-state index in [1.807, 2.05) is 0 Å². The Bertz CT molecular complexity index is 825. The third kappa shape index (κ3) is 2.22. The molecule has 1 aliphatic rings. The number of fused-ring (bicyclic) bond motifs is 1. The minimum Gasteiger partial charge on any atom is -0.287 e. The zero-order valence-corrected chi connectivity index (χ0v) is 12.3. The summed E-state index contributed by atoms with van der Waals surface area (Å²) in [6.45, 7) is 0.698. The quantitative estimate of drug-likeness (QED) is 0.737. The molecule has 0 radical (unpaired) electrons. The van der Waals surface area contributed by atoms with E-state index in [0.717, 1.165) is 0 Å². The molecule has 0 atom stereocenters. The number of imidazole rings is 1. The monoisotopic (exact) mass is 298 g/mol. The highest BCUT2D eigenvalue weighted by molar-refractivity contribution is 5.53. The van der Waals surface area contributed by atoms with Crippen LogP contribution in [0.1, 0.15) is 32.1 Å². The molecule has 0 bridgehead atoms. The van der Waals surface area contributed by atoms with Gasteiger partial charge in [-0.05, 0) is 18.8 Å². The van der Waals surface area contributed by atoms with Gasteiger partial charge in [-0.3, -0.25) is 4.57 Å². The average molecular weight is 298 g/mol. The first kappa shape index (κ1) is 13.2. The highest BCUT2D eigenvalue weighted by Crippen LogP contribution is 2.24. The second-order valence-electron chi connectivity index (χ2n) is 5.88. The number of rotatable bonds is 3. The Balaban J connectivity index is 1.76. The molecular weight excluding hydrogens is 280 g/mol. The number of nitrogens with zero attached hydrogens (tertiary/aromatic N) is 6. The molecule has 4 rings (SSSR count). The molecule has 1 aliphatic carbocycles. The van der Waals surface area contributed by atoms with E-state index in [2.05, 4.69) is 15.1 Å². The molecule has 0 aromatic carbocycles. The number of hydrogen-bond acceptors (Lipinski definition) is 4. The number of aromatic nitrogens is 6.